The third-order valence-electron chi connectivity index (χ3n) is 3.17. The van der Waals surface area contributed by atoms with E-state index in [2.05, 4.69) is 18.6 Å². The Morgan fingerprint density at radius 3 is 2.21 bits per heavy atom. The highest BCUT2D eigenvalue weighted by Crippen LogP contribution is 2.21. The second-order valence-corrected chi connectivity index (χ2v) is 6.56. The first kappa shape index (κ1) is 15.5. The first-order valence-electron chi connectivity index (χ1n) is 6.12. The minimum absolute atomic E-state index is 0.375. The Labute approximate surface area is 113 Å². The molecule has 0 bridgehead atoms. The molecule has 0 fully saturated rings. The van der Waals surface area contributed by atoms with Crippen molar-refractivity contribution in [1.29, 1.82) is 0 Å². The zero-order valence-electron chi connectivity index (χ0n) is 11.3. The van der Waals surface area contributed by atoms with E-state index >= 15 is 0 Å². The molecular weight excluding hydrogens is 266 g/mol. The summed E-state index contributed by atoms with van der Waals surface area (Å²) in [6.07, 6.45) is 1.00. The lowest BCUT2D eigenvalue weighted by Gasteiger charge is -2.13. The molecule has 0 aliphatic carbocycles. The highest BCUT2D eigenvalue weighted by molar-refractivity contribution is 7.94. The van der Waals surface area contributed by atoms with Crippen molar-refractivity contribution < 1.29 is 18.3 Å². The van der Waals surface area contributed by atoms with E-state index in [9.17, 15) is 13.2 Å². The fourth-order valence-electron chi connectivity index (χ4n) is 1.50. The van der Waals surface area contributed by atoms with E-state index in [1.54, 1.807) is 12.1 Å². The Balaban J connectivity index is 2.87. The number of aliphatic carboxylic acids is 1. The van der Waals surface area contributed by atoms with E-state index in [-0.39, 0.29) is 0 Å². The molecule has 106 valence electrons. The maximum Gasteiger partial charge on any atom is 0.323 e. The van der Waals surface area contributed by atoms with Gasteiger partial charge in [0.2, 0.25) is 10.0 Å². The van der Waals surface area contributed by atoms with Gasteiger partial charge in [0.05, 0.1) is 0 Å². The molecule has 0 aliphatic heterocycles. The van der Waals surface area contributed by atoms with Crippen molar-refractivity contribution >= 4 is 21.7 Å². The quantitative estimate of drug-likeness (QED) is 0.840. The van der Waals surface area contributed by atoms with E-state index in [4.69, 9.17) is 5.11 Å². The van der Waals surface area contributed by atoms with Crippen LogP contribution in [0.5, 0.6) is 0 Å². The molecular formula is C13H19NO4S. The predicted octanol–water partition coefficient (Wildman–Crippen LogP) is 2.41. The fraction of sp³-hybridized carbons (Fsp3) is 0.462. The van der Waals surface area contributed by atoms with Crippen LogP contribution in [0.1, 0.15) is 38.7 Å². The number of carboxylic acids is 1. The molecule has 0 amide bonds. The van der Waals surface area contributed by atoms with Gasteiger partial charge in [-0.2, -0.15) is 0 Å². The molecule has 0 radical (unpaired) electrons. The molecule has 2 N–H and O–H groups in total. The van der Waals surface area contributed by atoms with Gasteiger partial charge in [-0.25, -0.2) is 8.42 Å². The second kappa shape index (κ2) is 6.06. The average Bonchev–Trinajstić information content (AvgIpc) is 2.37. The normalized spacial score (nSPS) is 14.7. The van der Waals surface area contributed by atoms with Crippen LogP contribution in [0.3, 0.4) is 0 Å². The SMILES string of the molecule is CCC(C)c1ccc(NS(=O)(=O)C(C)C(=O)O)cc1. The van der Waals surface area contributed by atoms with Crippen LogP contribution in [0, 0.1) is 0 Å². The van der Waals surface area contributed by atoms with Gasteiger partial charge in [0.15, 0.2) is 5.25 Å². The summed E-state index contributed by atoms with van der Waals surface area (Å²) < 4.78 is 25.7. The van der Waals surface area contributed by atoms with Gasteiger partial charge in [-0.1, -0.05) is 26.0 Å². The standard InChI is InChI=1S/C13H19NO4S/c1-4-9(2)11-5-7-12(8-6-11)14-19(17,18)10(3)13(15)16/h5-10,14H,4H2,1-3H3,(H,15,16). The number of carboxylic acid groups (broad SMARTS) is 1. The lowest BCUT2D eigenvalue weighted by molar-refractivity contribution is -0.136. The summed E-state index contributed by atoms with van der Waals surface area (Å²) in [6.45, 7) is 5.31. The summed E-state index contributed by atoms with van der Waals surface area (Å²) in [5.41, 5.74) is 1.50. The molecule has 0 spiro atoms. The van der Waals surface area contributed by atoms with E-state index in [0.29, 0.717) is 11.6 Å². The zero-order valence-corrected chi connectivity index (χ0v) is 12.1. The van der Waals surface area contributed by atoms with Gasteiger partial charge in [0.25, 0.3) is 0 Å². The molecule has 0 aromatic heterocycles. The molecule has 0 saturated carbocycles. The van der Waals surface area contributed by atoms with Crippen LogP contribution in [-0.4, -0.2) is 24.7 Å². The molecule has 5 nitrogen and oxygen atoms in total. The Morgan fingerprint density at radius 1 is 1.26 bits per heavy atom. The number of nitrogens with one attached hydrogen (secondary N) is 1. The van der Waals surface area contributed by atoms with Gasteiger partial charge >= 0.3 is 5.97 Å². The van der Waals surface area contributed by atoms with Crippen LogP contribution in [0.4, 0.5) is 5.69 Å². The number of benzene rings is 1. The van der Waals surface area contributed by atoms with E-state index in [0.717, 1.165) is 18.9 Å². The Hall–Kier alpha value is -1.56. The first-order chi connectivity index (χ1) is 8.77. The van der Waals surface area contributed by atoms with Gasteiger partial charge in [0, 0.05) is 5.69 Å². The van der Waals surface area contributed by atoms with E-state index in [1.165, 1.54) is 0 Å². The van der Waals surface area contributed by atoms with Gasteiger partial charge in [0.1, 0.15) is 0 Å². The summed E-state index contributed by atoms with van der Waals surface area (Å²) in [5, 5.41) is 7.24. The third kappa shape index (κ3) is 3.96. The molecule has 6 heteroatoms. The van der Waals surface area contributed by atoms with Gasteiger partial charge in [-0.05, 0) is 37.0 Å². The molecule has 2 atom stereocenters. The van der Waals surface area contributed by atoms with Gasteiger partial charge in [-0.15, -0.1) is 0 Å². The molecule has 1 rings (SSSR count). The van der Waals surface area contributed by atoms with Gasteiger partial charge in [-0.3, -0.25) is 9.52 Å². The van der Waals surface area contributed by atoms with Crippen LogP contribution in [0.2, 0.25) is 0 Å². The first-order valence-corrected chi connectivity index (χ1v) is 7.67. The second-order valence-electron chi connectivity index (χ2n) is 4.56. The molecule has 0 heterocycles. The topological polar surface area (TPSA) is 83.5 Å². The van der Waals surface area contributed by atoms with Crippen LogP contribution >= 0.6 is 0 Å². The van der Waals surface area contributed by atoms with Crippen molar-refractivity contribution in [3.8, 4) is 0 Å². The van der Waals surface area contributed by atoms with Crippen molar-refractivity contribution in [3.63, 3.8) is 0 Å². The number of anilines is 1. The molecule has 0 aliphatic rings. The number of rotatable bonds is 6. The van der Waals surface area contributed by atoms with Crippen molar-refractivity contribution in [1.82, 2.24) is 0 Å². The highest BCUT2D eigenvalue weighted by Gasteiger charge is 2.27. The maximum atomic E-state index is 11.7. The highest BCUT2D eigenvalue weighted by atomic mass is 32.2. The van der Waals surface area contributed by atoms with E-state index < -0.39 is 21.2 Å². The average molecular weight is 285 g/mol. The minimum atomic E-state index is -3.90. The smallest absolute Gasteiger partial charge is 0.323 e. The number of sulfonamides is 1. The summed E-state index contributed by atoms with van der Waals surface area (Å²) in [6, 6.07) is 6.98. The van der Waals surface area contributed by atoms with Gasteiger partial charge < -0.3 is 5.11 Å². The minimum Gasteiger partial charge on any atom is -0.480 e. The van der Waals surface area contributed by atoms with Crippen LogP contribution < -0.4 is 4.72 Å². The Kier molecular flexibility index (Phi) is 4.94. The Bertz CT molecular complexity index is 536. The number of hydrogen-bond donors (Lipinski definition) is 2. The molecule has 1 aromatic rings. The number of carbonyl (C=O) groups is 1. The van der Waals surface area contributed by atoms with Crippen LogP contribution in [0.15, 0.2) is 24.3 Å². The van der Waals surface area contributed by atoms with Crippen molar-refractivity contribution in [2.75, 3.05) is 4.72 Å². The molecule has 2 unspecified atom stereocenters. The van der Waals surface area contributed by atoms with E-state index in [1.807, 2.05) is 12.1 Å². The lowest BCUT2D eigenvalue weighted by atomic mass is 9.99. The van der Waals surface area contributed by atoms with Crippen molar-refractivity contribution in [2.45, 2.75) is 38.4 Å². The zero-order chi connectivity index (χ0) is 14.6. The third-order valence-corrected chi connectivity index (χ3v) is 4.82. The van der Waals surface area contributed by atoms with Crippen LogP contribution in [0.25, 0.3) is 0 Å². The summed E-state index contributed by atoms with van der Waals surface area (Å²) in [7, 11) is -3.90. The predicted molar refractivity (Wildman–Crippen MR) is 74.8 cm³/mol. The van der Waals surface area contributed by atoms with Crippen molar-refractivity contribution in [2.24, 2.45) is 0 Å². The Morgan fingerprint density at radius 2 is 1.79 bits per heavy atom. The fourth-order valence-corrected chi connectivity index (χ4v) is 2.41. The summed E-state index contributed by atoms with van der Waals surface area (Å²) >= 11 is 0. The molecule has 19 heavy (non-hydrogen) atoms. The van der Waals surface area contributed by atoms with Crippen molar-refractivity contribution in [3.05, 3.63) is 29.8 Å². The van der Waals surface area contributed by atoms with Crippen LogP contribution in [-0.2, 0) is 14.8 Å². The molecule has 1 aromatic carbocycles. The maximum absolute atomic E-state index is 11.7. The summed E-state index contributed by atoms with van der Waals surface area (Å²) in [4.78, 5) is 10.7. The molecule has 0 saturated heterocycles. The number of hydrogen-bond acceptors (Lipinski definition) is 3. The largest absolute Gasteiger partial charge is 0.480 e. The summed E-state index contributed by atoms with van der Waals surface area (Å²) in [5.74, 6) is -0.965. The lowest BCUT2D eigenvalue weighted by Crippen LogP contribution is -2.32. The monoisotopic (exact) mass is 285 g/mol.